The van der Waals surface area contributed by atoms with E-state index in [0.29, 0.717) is 5.39 Å². The van der Waals surface area contributed by atoms with Crippen molar-refractivity contribution in [1.82, 2.24) is 9.97 Å². The molecule has 13 heavy (non-hydrogen) atoms. The molecule has 0 aliphatic heterocycles. The Morgan fingerprint density at radius 1 is 1.38 bits per heavy atom. The summed E-state index contributed by atoms with van der Waals surface area (Å²) in [5.41, 5.74) is -0.200. The molecule has 0 aliphatic rings. The minimum atomic E-state index is -0.364. The zero-order valence-corrected chi connectivity index (χ0v) is 6.45. The monoisotopic (exact) mass is 180 g/mol. The molecule has 0 saturated heterocycles. The van der Waals surface area contributed by atoms with Gasteiger partial charge in [0.15, 0.2) is 0 Å². The van der Waals surface area contributed by atoms with Gasteiger partial charge in [0, 0.05) is 22.2 Å². The van der Waals surface area contributed by atoms with Crippen molar-refractivity contribution >= 4 is 10.9 Å². The smallest absolute Gasteiger partial charge is 0.274 e. The second kappa shape index (κ2) is 2.85. The third-order valence-corrected chi connectivity index (χ3v) is 1.67. The van der Waals surface area contributed by atoms with E-state index in [-0.39, 0.29) is 17.0 Å². The molecule has 0 spiro atoms. The molecule has 0 aromatic carbocycles. The molecule has 0 amide bonds. The van der Waals surface area contributed by atoms with E-state index < -0.39 is 0 Å². The van der Waals surface area contributed by atoms with E-state index in [9.17, 15) is 9.32 Å². The largest absolute Gasteiger partial charge is 0.327 e. The van der Waals surface area contributed by atoms with Crippen LogP contribution in [0.2, 0.25) is 0 Å². The molecular formula is C8H5FN2O2. The van der Waals surface area contributed by atoms with Gasteiger partial charge in [0.25, 0.3) is 11.4 Å². The van der Waals surface area contributed by atoms with Crippen LogP contribution in [0.25, 0.3) is 10.9 Å². The normalized spacial score (nSPS) is 10.2. The summed E-state index contributed by atoms with van der Waals surface area (Å²) in [7, 11) is 0. The van der Waals surface area contributed by atoms with Crippen LogP contribution in [-0.4, -0.2) is 9.97 Å². The van der Waals surface area contributed by atoms with Gasteiger partial charge in [-0.2, -0.15) is 0 Å². The van der Waals surface area contributed by atoms with Gasteiger partial charge in [-0.1, -0.05) is 0 Å². The fraction of sp³-hybridized carbons (Fsp3) is 0. The van der Waals surface area contributed by atoms with Crippen molar-refractivity contribution in [3.63, 3.8) is 0 Å². The molecule has 1 N–H and O–H groups in total. The summed E-state index contributed by atoms with van der Waals surface area (Å²) < 4.78 is 11.7. The van der Waals surface area contributed by atoms with E-state index in [1.54, 1.807) is 12.1 Å². The molecule has 5 heteroatoms. The van der Waals surface area contributed by atoms with Crippen molar-refractivity contribution in [3.05, 3.63) is 34.7 Å². The van der Waals surface area contributed by atoms with Crippen LogP contribution in [0.15, 0.2) is 29.2 Å². The van der Waals surface area contributed by atoms with Crippen LogP contribution < -0.4 is 10.5 Å². The summed E-state index contributed by atoms with van der Waals surface area (Å²) in [5, 5.41) is 0.643. The number of aromatic amines is 1. The maximum absolute atomic E-state index is 11.7. The van der Waals surface area contributed by atoms with Gasteiger partial charge in [0.05, 0.1) is 0 Å². The van der Waals surface area contributed by atoms with Gasteiger partial charge < -0.3 is 4.98 Å². The van der Waals surface area contributed by atoms with Crippen molar-refractivity contribution < 1.29 is 9.47 Å². The van der Waals surface area contributed by atoms with E-state index in [0.717, 1.165) is 0 Å². The van der Waals surface area contributed by atoms with Gasteiger partial charge in [-0.25, -0.2) is 4.98 Å². The standard InChI is InChI=1S/C8H5FN2O2/c9-13-6-2-1-5-3-4-10-8(12)7(5)11-6/h1-4H,(H,10,12). The Hall–Kier alpha value is -1.91. The molecular weight excluding hydrogens is 175 g/mol. The molecule has 0 aliphatic carbocycles. The third-order valence-electron chi connectivity index (χ3n) is 1.67. The second-order valence-electron chi connectivity index (χ2n) is 2.47. The van der Waals surface area contributed by atoms with Crippen molar-refractivity contribution in [3.8, 4) is 5.88 Å². The van der Waals surface area contributed by atoms with Crippen molar-refractivity contribution in [1.29, 1.82) is 0 Å². The van der Waals surface area contributed by atoms with Crippen LogP contribution >= 0.6 is 0 Å². The summed E-state index contributed by atoms with van der Waals surface area (Å²) in [6, 6.07) is 4.58. The van der Waals surface area contributed by atoms with Gasteiger partial charge in [0.2, 0.25) is 0 Å². The maximum Gasteiger partial charge on any atom is 0.274 e. The molecule has 0 fully saturated rings. The fourth-order valence-electron chi connectivity index (χ4n) is 1.09. The minimum Gasteiger partial charge on any atom is -0.327 e. The van der Waals surface area contributed by atoms with Gasteiger partial charge in [0.1, 0.15) is 5.52 Å². The van der Waals surface area contributed by atoms with Gasteiger partial charge >= 0.3 is 0 Å². The number of hydrogen-bond donors (Lipinski definition) is 1. The molecule has 4 nitrogen and oxygen atoms in total. The number of hydrogen-bond acceptors (Lipinski definition) is 3. The quantitative estimate of drug-likeness (QED) is 0.717. The summed E-state index contributed by atoms with van der Waals surface area (Å²) in [6.45, 7) is 0. The fourth-order valence-corrected chi connectivity index (χ4v) is 1.09. The Balaban J connectivity index is 2.82. The highest BCUT2D eigenvalue weighted by atomic mass is 19.3. The first-order valence-electron chi connectivity index (χ1n) is 3.58. The number of nitrogens with one attached hydrogen (secondary N) is 1. The lowest BCUT2D eigenvalue weighted by Gasteiger charge is -1.95. The van der Waals surface area contributed by atoms with E-state index in [1.165, 1.54) is 12.3 Å². The van der Waals surface area contributed by atoms with Crippen LogP contribution in [0.3, 0.4) is 0 Å². The molecule has 0 bridgehead atoms. The number of H-pyrrole nitrogens is 1. The van der Waals surface area contributed by atoms with Crippen LogP contribution in [0, 0.1) is 0 Å². The first-order valence-corrected chi connectivity index (χ1v) is 3.58. The molecule has 2 rings (SSSR count). The van der Waals surface area contributed by atoms with E-state index in [1.807, 2.05) is 0 Å². The van der Waals surface area contributed by atoms with Crippen molar-refractivity contribution in [2.75, 3.05) is 0 Å². The van der Waals surface area contributed by atoms with Crippen molar-refractivity contribution in [2.45, 2.75) is 0 Å². The van der Waals surface area contributed by atoms with Gasteiger partial charge in [-0.05, 0) is 12.1 Å². The zero-order chi connectivity index (χ0) is 9.26. The van der Waals surface area contributed by atoms with Crippen molar-refractivity contribution in [2.24, 2.45) is 0 Å². The lowest BCUT2D eigenvalue weighted by atomic mass is 10.3. The summed E-state index contributed by atoms with van der Waals surface area (Å²) in [4.78, 5) is 20.6. The van der Waals surface area contributed by atoms with E-state index in [2.05, 4.69) is 14.9 Å². The lowest BCUT2D eigenvalue weighted by molar-refractivity contribution is -0.0114. The summed E-state index contributed by atoms with van der Waals surface area (Å²) in [6.07, 6.45) is 1.50. The molecule has 0 radical (unpaired) electrons. The SMILES string of the molecule is O=c1[nH]ccc2ccc(OF)nc12. The summed E-state index contributed by atoms with van der Waals surface area (Å²) in [5.74, 6) is -0.218. The highest BCUT2D eigenvalue weighted by Gasteiger charge is 2.01. The third kappa shape index (κ3) is 1.24. The average Bonchev–Trinajstić information content (AvgIpc) is 2.18. The molecule has 0 unspecified atom stereocenters. The Morgan fingerprint density at radius 2 is 2.23 bits per heavy atom. The number of halogens is 1. The first kappa shape index (κ1) is 7.72. The van der Waals surface area contributed by atoms with Gasteiger partial charge in [-0.15, -0.1) is 0 Å². The van der Waals surface area contributed by atoms with E-state index >= 15 is 0 Å². The molecule has 2 aromatic rings. The predicted octanol–water partition coefficient (Wildman–Crippen LogP) is 1.19. The van der Waals surface area contributed by atoms with Crippen LogP contribution in [-0.2, 0) is 0 Å². The number of rotatable bonds is 1. The lowest BCUT2D eigenvalue weighted by Crippen LogP contribution is -2.06. The second-order valence-corrected chi connectivity index (χ2v) is 2.47. The zero-order valence-electron chi connectivity index (χ0n) is 6.45. The Labute approximate surface area is 71.9 Å². The Morgan fingerprint density at radius 3 is 3.00 bits per heavy atom. The Bertz CT molecular complexity index is 495. The highest BCUT2D eigenvalue weighted by Crippen LogP contribution is 2.12. The van der Waals surface area contributed by atoms with Crippen LogP contribution in [0.5, 0.6) is 5.88 Å². The maximum atomic E-state index is 11.7. The van der Waals surface area contributed by atoms with Crippen LogP contribution in [0.1, 0.15) is 0 Å². The van der Waals surface area contributed by atoms with Crippen LogP contribution in [0.4, 0.5) is 4.53 Å². The number of nitrogens with zero attached hydrogens (tertiary/aromatic N) is 1. The number of aromatic nitrogens is 2. The molecule has 2 heterocycles. The summed E-state index contributed by atoms with van der Waals surface area (Å²) >= 11 is 0. The average molecular weight is 180 g/mol. The Kier molecular flexibility index (Phi) is 1.70. The molecule has 66 valence electrons. The number of pyridine rings is 2. The van der Waals surface area contributed by atoms with E-state index in [4.69, 9.17) is 0 Å². The number of fused-ring (bicyclic) bond motifs is 1. The predicted molar refractivity (Wildman–Crippen MR) is 44.1 cm³/mol. The molecule has 2 aromatic heterocycles. The topological polar surface area (TPSA) is 55.0 Å². The van der Waals surface area contributed by atoms with Gasteiger partial charge in [-0.3, -0.25) is 9.74 Å². The first-order chi connectivity index (χ1) is 6.31. The minimum absolute atomic E-state index is 0.164. The molecule has 0 atom stereocenters. The molecule has 0 saturated carbocycles. The highest BCUT2D eigenvalue weighted by molar-refractivity contribution is 5.77.